The quantitative estimate of drug-likeness (QED) is 0.170. The van der Waals surface area contributed by atoms with E-state index in [9.17, 15) is 19.2 Å². The first kappa shape index (κ1) is 15.8. The molecule has 0 unspecified atom stereocenters. The maximum absolute atomic E-state index is 10.9. The van der Waals surface area contributed by atoms with Gasteiger partial charge in [0, 0.05) is 0 Å². The summed E-state index contributed by atoms with van der Waals surface area (Å²) in [7, 11) is 0. The molecule has 1 aliphatic rings. The second-order valence-corrected chi connectivity index (χ2v) is 2.96. The summed E-state index contributed by atoms with van der Waals surface area (Å²) in [5, 5.41) is 8.16. The van der Waals surface area contributed by atoms with Crippen molar-refractivity contribution in [1.29, 1.82) is 0 Å². The van der Waals surface area contributed by atoms with Crippen LogP contribution in [0.2, 0.25) is 0 Å². The first-order valence-electron chi connectivity index (χ1n) is 4.84. The minimum Gasteiger partial charge on any atom is -0.479 e. The summed E-state index contributed by atoms with van der Waals surface area (Å²) in [4.78, 5) is 66.7. The fourth-order valence-corrected chi connectivity index (χ4v) is 0.620. The van der Waals surface area contributed by atoms with E-state index < -0.39 is 50.0 Å². The average Bonchev–Trinajstić information content (AvgIpc) is 3.22. The highest BCUT2D eigenvalue weighted by atomic mass is 17.4. The average molecular weight is 296 g/mol. The summed E-state index contributed by atoms with van der Waals surface area (Å²) in [5.41, 5.74) is 0. The van der Waals surface area contributed by atoms with Crippen molar-refractivity contribution < 1.29 is 58.3 Å². The molecule has 0 aromatic carbocycles. The highest BCUT2D eigenvalue weighted by molar-refractivity contribution is 5.78. The summed E-state index contributed by atoms with van der Waals surface area (Å²) >= 11 is 0. The normalized spacial score (nSPS) is 13.4. The summed E-state index contributed by atoms with van der Waals surface area (Å²) in [6.45, 7) is -2.37. The SMILES string of the molecule is O=C(O)COOCC(=O)OCC(=O)OOC(=O)C1OO1. The van der Waals surface area contributed by atoms with Crippen LogP contribution in [-0.2, 0) is 53.2 Å². The van der Waals surface area contributed by atoms with Crippen molar-refractivity contribution in [3.63, 3.8) is 0 Å². The Morgan fingerprint density at radius 2 is 1.55 bits per heavy atom. The van der Waals surface area contributed by atoms with E-state index in [4.69, 9.17) is 5.11 Å². The van der Waals surface area contributed by atoms with Crippen LogP contribution in [-0.4, -0.2) is 55.1 Å². The van der Waals surface area contributed by atoms with Crippen molar-refractivity contribution in [3.05, 3.63) is 0 Å². The molecule has 0 aromatic heterocycles. The van der Waals surface area contributed by atoms with Crippen molar-refractivity contribution in [3.8, 4) is 0 Å². The largest absolute Gasteiger partial charge is 0.479 e. The number of rotatable bonds is 8. The maximum Gasteiger partial charge on any atom is 0.417 e. The molecule has 112 valence electrons. The zero-order chi connectivity index (χ0) is 15.0. The van der Waals surface area contributed by atoms with Crippen LogP contribution in [0.5, 0.6) is 0 Å². The minimum atomic E-state index is -1.30. The molecule has 0 amide bonds. The van der Waals surface area contributed by atoms with Gasteiger partial charge in [0.05, 0.1) is 0 Å². The van der Waals surface area contributed by atoms with E-state index in [2.05, 4.69) is 34.1 Å². The van der Waals surface area contributed by atoms with Gasteiger partial charge in [-0.1, -0.05) is 0 Å². The zero-order valence-corrected chi connectivity index (χ0v) is 9.64. The number of carboxylic acid groups (broad SMARTS) is 1. The van der Waals surface area contributed by atoms with E-state index in [-0.39, 0.29) is 0 Å². The molecule has 1 fully saturated rings. The lowest BCUT2D eigenvalue weighted by Gasteiger charge is -2.04. The van der Waals surface area contributed by atoms with Crippen LogP contribution in [0.4, 0.5) is 0 Å². The van der Waals surface area contributed by atoms with Crippen LogP contribution in [0.3, 0.4) is 0 Å². The monoisotopic (exact) mass is 296 g/mol. The third-order valence-electron chi connectivity index (χ3n) is 1.40. The van der Waals surface area contributed by atoms with E-state index in [1.54, 1.807) is 0 Å². The van der Waals surface area contributed by atoms with Crippen molar-refractivity contribution in [2.24, 2.45) is 0 Å². The van der Waals surface area contributed by atoms with Gasteiger partial charge in [-0.3, -0.25) is 0 Å². The Labute approximate surface area is 109 Å². The molecule has 1 heterocycles. The molecule has 0 saturated carbocycles. The highest BCUT2D eigenvalue weighted by Gasteiger charge is 2.38. The molecule has 20 heavy (non-hydrogen) atoms. The molecule has 12 heteroatoms. The summed E-state index contributed by atoms with van der Waals surface area (Å²) < 4.78 is 4.30. The molecule has 1 N–H and O–H groups in total. The molecule has 1 aliphatic heterocycles. The van der Waals surface area contributed by atoms with Gasteiger partial charge in [0.15, 0.2) is 19.8 Å². The van der Waals surface area contributed by atoms with Gasteiger partial charge in [0.1, 0.15) is 0 Å². The second kappa shape index (κ2) is 8.00. The number of hydrogen-bond donors (Lipinski definition) is 1. The smallest absolute Gasteiger partial charge is 0.417 e. The van der Waals surface area contributed by atoms with Gasteiger partial charge >= 0.3 is 30.2 Å². The topological polar surface area (TPSA) is 160 Å². The highest BCUT2D eigenvalue weighted by Crippen LogP contribution is 2.13. The first-order chi connectivity index (χ1) is 9.49. The third-order valence-corrected chi connectivity index (χ3v) is 1.40. The zero-order valence-electron chi connectivity index (χ0n) is 9.64. The van der Waals surface area contributed by atoms with Gasteiger partial charge in [0.2, 0.25) is 0 Å². The van der Waals surface area contributed by atoms with Crippen molar-refractivity contribution >= 4 is 23.9 Å². The third kappa shape index (κ3) is 7.22. The van der Waals surface area contributed by atoms with Crippen LogP contribution in [0.15, 0.2) is 0 Å². The Bertz CT molecular complexity index is 385. The van der Waals surface area contributed by atoms with Gasteiger partial charge in [0.25, 0.3) is 0 Å². The molecular weight excluding hydrogens is 288 g/mol. The predicted molar refractivity (Wildman–Crippen MR) is 48.6 cm³/mol. The van der Waals surface area contributed by atoms with E-state index in [0.717, 1.165) is 0 Å². The molecular formula is C8H8O12. The van der Waals surface area contributed by atoms with Crippen LogP contribution < -0.4 is 0 Å². The molecule has 0 atom stereocenters. The lowest BCUT2D eigenvalue weighted by Crippen LogP contribution is -2.22. The Kier molecular flexibility index (Phi) is 6.31. The lowest BCUT2D eigenvalue weighted by atomic mass is 10.7. The molecule has 1 rings (SSSR count). The van der Waals surface area contributed by atoms with Crippen molar-refractivity contribution in [1.82, 2.24) is 0 Å². The minimum absolute atomic E-state index is 0.746. The predicted octanol–water partition coefficient (Wildman–Crippen LogP) is -2.15. The van der Waals surface area contributed by atoms with Crippen LogP contribution in [0, 0.1) is 0 Å². The van der Waals surface area contributed by atoms with E-state index in [0.29, 0.717) is 0 Å². The van der Waals surface area contributed by atoms with Gasteiger partial charge in [-0.25, -0.2) is 38.7 Å². The first-order valence-corrected chi connectivity index (χ1v) is 4.84. The van der Waals surface area contributed by atoms with E-state index in [1.807, 2.05) is 0 Å². The van der Waals surface area contributed by atoms with Crippen molar-refractivity contribution in [2.75, 3.05) is 19.8 Å². The molecule has 12 nitrogen and oxygen atoms in total. The number of aliphatic carboxylic acids is 1. The Balaban J connectivity index is 2.00. The second-order valence-electron chi connectivity index (χ2n) is 2.96. The van der Waals surface area contributed by atoms with E-state index in [1.165, 1.54) is 0 Å². The Morgan fingerprint density at radius 1 is 0.900 bits per heavy atom. The number of carboxylic acids is 1. The van der Waals surface area contributed by atoms with Gasteiger partial charge in [-0.2, -0.15) is 9.78 Å². The van der Waals surface area contributed by atoms with Crippen LogP contribution in [0.25, 0.3) is 0 Å². The maximum atomic E-state index is 10.9. The standard InChI is InChI=1S/C8H8O12/c9-4(10)1-15-16-3-5(11)14-2-6(12)17-18-7(13)8-19-20-8/h8H,1-3H2,(H,9,10). The summed E-state index contributed by atoms with van der Waals surface area (Å²) in [5.74, 6) is -4.60. The molecule has 0 aromatic rings. The Morgan fingerprint density at radius 3 is 2.15 bits per heavy atom. The summed E-state index contributed by atoms with van der Waals surface area (Å²) in [6, 6.07) is 0. The molecule has 0 spiro atoms. The van der Waals surface area contributed by atoms with Crippen LogP contribution >= 0.6 is 0 Å². The van der Waals surface area contributed by atoms with Gasteiger partial charge in [-0.15, -0.1) is 0 Å². The lowest BCUT2D eigenvalue weighted by molar-refractivity contribution is -0.291. The number of carbonyl (C=O) groups is 4. The number of ether oxygens (including phenoxy) is 1. The number of hydrogen-bond acceptors (Lipinski definition) is 11. The van der Waals surface area contributed by atoms with Crippen LogP contribution in [0.1, 0.15) is 0 Å². The van der Waals surface area contributed by atoms with Gasteiger partial charge < -0.3 is 9.84 Å². The Hall–Kier alpha value is -2.28. The molecule has 1 saturated heterocycles. The van der Waals surface area contributed by atoms with E-state index >= 15 is 0 Å². The molecule has 0 bridgehead atoms. The van der Waals surface area contributed by atoms with Crippen molar-refractivity contribution in [2.45, 2.75) is 6.29 Å². The number of esters is 1. The fourth-order valence-electron chi connectivity index (χ4n) is 0.620. The fraction of sp³-hybridized carbons (Fsp3) is 0.500. The van der Waals surface area contributed by atoms with Gasteiger partial charge in [-0.05, 0) is 0 Å². The molecule has 0 radical (unpaired) electrons. The number of carbonyl (C=O) groups excluding carboxylic acids is 3. The summed E-state index contributed by atoms with van der Waals surface area (Å²) in [6.07, 6.45) is -1.23. The molecule has 0 aliphatic carbocycles.